The Balaban J connectivity index is 1.72. The predicted molar refractivity (Wildman–Crippen MR) is 88.4 cm³/mol. The number of H-pyrrole nitrogens is 1. The molecule has 0 spiro atoms. The van der Waals surface area contributed by atoms with Gasteiger partial charge in [0.15, 0.2) is 17.4 Å². The normalized spacial score (nSPS) is 11.0. The van der Waals surface area contributed by atoms with Crippen molar-refractivity contribution in [3.05, 3.63) is 60.4 Å². The molecular formula is C18H13N3O3. The number of nitrogens with one attached hydrogen (secondary N) is 1. The average Bonchev–Trinajstić information content (AvgIpc) is 3.27. The van der Waals surface area contributed by atoms with Gasteiger partial charge in [-0.25, -0.2) is 4.98 Å². The molecule has 3 aromatic heterocycles. The Morgan fingerprint density at radius 2 is 2.04 bits per heavy atom. The lowest BCUT2D eigenvalue weighted by molar-refractivity contribution is 0.0904. The summed E-state index contributed by atoms with van der Waals surface area (Å²) in [7, 11) is 0. The highest BCUT2D eigenvalue weighted by molar-refractivity contribution is 5.99. The van der Waals surface area contributed by atoms with Crippen molar-refractivity contribution in [1.82, 2.24) is 15.0 Å². The molecule has 0 amide bonds. The number of nitrogens with zero attached hydrogens (tertiary/aromatic N) is 2. The molecule has 6 nitrogen and oxygen atoms in total. The summed E-state index contributed by atoms with van der Waals surface area (Å²) in [4.78, 5) is 23.3. The smallest absolute Gasteiger partial charge is 0.188 e. The minimum Gasteiger partial charge on any atom is -0.453 e. The molecule has 0 fully saturated rings. The predicted octanol–water partition coefficient (Wildman–Crippen LogP) is 3.06. The molecule has 0 saturated heterocycles. The zero-order chi connectivity index (χ0) is 16.5. The van der Waals surface area contributed by atoms with Gasteiger partial charge in [-0.3, -0.25) is 9.78 Å². The number of fused-ring (bicyclic) bond motifs is 1. The number of hydrogen-bond acceptors (Lipinski definition) is 5. The van der Waals surface area contributed by atoms with Crippen LogP contribution >= 0.6 is 0 Å². The van der Waals surface area contributed by atoms with E-state index in [2.05, 4.69) is 15.0 Å². The van der Waals surface area contributed by atoms with Crippen LogP contribution in [0.5, 0.6) is 0 Å². The number of pyridine rings is 1. The largest absolute Gasteiger partial charge is 0.453 e. The van der Waals surface area contributed by atoms with Crippen molar-refractivity contribution < 1.29 is 14.3 Å². The number of aliphatic hydroxyl groups excluding tert-OH is 1. The molecule has 0 aliphatic carbocycles. The fourth-order valence-corrected chi connectivity index (χ4v) is 2.52. The molecule has 4 aromatic rings. The van der Waals surface area contributed by atoms with E-state index in [-0.39, 0.29) is 5.78 Å². The second-order valence-corrected chi connectivity index (χ2v) is 5.30. The number of imidazole rings is 1. The van der Waals surface area contributed by atoms with Crippen LogP contribution in [0.15, 0.2) is 59.3 Å². The summed E-state index contributed by atoms with van der Waals surface area (Å²) < 4.78 is 5.84. The third-order valence-electron chi connectivity index (χ3n) is 3.73. The molecule has 0 atom stereocenters. The number of aromatic nitrogens is 3. The molecule has 6 heteroatoms. The van der Waals surface area contributed by atoms with E-state index in [0.717, 1.165) is 11.1 Å². The lowest BCUT2D eigenvalue weighted by Crippen LogP contribution is -2.03. The van der Waals surface area contributed by atoms with Gasteiger partial charge in [-0.15, -0.1) is 0 Å². The molecule has 0 aliphatic heterocycles. The molecule has 2 N–H and O–H groups in total. The van der Waals surface area contributed by atoms with Crippen molar-refractivity contribution in [1.29, 1.82) is 0 Å². The van der Waals surface area contributed by atoms with E-state index in [1.54, 1.807) is 30.6 Å². The number of benzene rings is 1. The van der Waals surface area contributed by atoms with Gasteiger partial charge in [0.25, 0.3) is 0 Å². The second-order valence-electron chi connectivity index (χ2n) is 5.30. The Labute approximate surface area is 136 Å². The molecule has 0 saturated carbocycles. The van der Waals surface area contributed by atoms with E-state index in [1.807, 2.05) is 24.3 Å². The molecule has 24 heavy (non-hydrogen) atoms. The van der Waals surface area contributed by atoms with Crippen LogP contribution in [0.2, 0.25) is 0 Å². The molecule has 3 heterocycles. The number of carbonyl (C=O) groups is 1. The van der Waals surface area contributed by atoms with Crippen LogP contribution in [0, 0.1) is 0 Å². The first-order valence-corrected chi connectivity index (χ1v) is 7.39. The van der Waals surface area contributed by atoms with Gasteiger partial charge in [0.1, 0.15) is 12.4 Å². The average molecular weight is 319 g/mol. The maximum atomic E-state index is 11.6. The monoisotopic (exact) mass is 319 g/mol. The van der Waals surface area contributed by atoms with E-state index in [1.165, 1.54) is 0 Å². The van der Waals surface area contributed by atoms with E-state index >= 15 is 0 Å². The zero-order valence-electron chi connectivity index (χ0n) is 12.6. The molecule has 0 radical (unpaired) electrons. The number of aromatic amines is 1. The van der Waals surface area contributed by atoms with Gasteiger partial charge in [0, 0.05) is 23.5 Å². The van der Waals surface area contributed by atoms with Gasteiger partial charge in [0.05, 0.1) is 11.0 Å². The number of ketones is 1. The van der Waals surface area contributed by atoms with E-state index in [0.29, 0.717) is 28.4 Å². The Kier molecular flexibility index (Phi) is 3.44. The quantitative estimate of drug-likeness (QED) is 0.564. The van der Waals surface area contributed by atoms with Crippen LogP contribution in [-0.4, -0.2) is 32.4 Å². The number of rotatable bonds is 4. The summed E-state index contributed by atoms with van der Waals surface area (Å²) in [5, 5.41) is 8.96. The summed E-state index contributed by atoms with van der Waals surface area (Å²) in [5.41, 5.74) is 2.76. The van der Waals surface area contributed by atoms with Crippen molar-refractivity contribution in [2.75, 3.05) is 6.61 Å². The van der Waals surface area contributed by atoms with Crippen molar-refractivity contribution in [3.63, 3.8) is 0 Å². The van der Waals surface area contributed by atoms with Crippen LogP contribution in [-0.2, 0) is 0 Å². The molecule has 1 aromatic carbocycles. The van der Waals surface area contributed by atoms with Gasteiger partial charge in [-0.05, 0) is 42.5 Å². The van der Waals surface area contributed by atoms with Crippen LogP contribution in [0.4, 0.5) is 0 Å². The number of Topliss-reactive ketones (excluding diaryl/α,β-unsaturated/α-hetero) is 1. The molecule has 0 bridgehead atoms. The minimum atomic E-state index is -0.515. The van der Waals surface area contributed by atoms with E-state index in [4.69, 9.17) is 9.52 Å². The highest BCUT2D eigenvalue weighted by Gasteiger charge is 2.12. The molecule has 0 unspecified atom stereocenters. The highest BCUT2D eigenvalue weighted by atomic mass is 16.3. The number of hydrogen-bond donors (Lipinski definition) is 2. The fourth-order valence-electron chi connectivity index (χ4n) is 2.52. The number of carbonyl (C=O) groups excluding carboxylic acids is 1. The van der Waals surface area contributed by atoms with Crippen molar-refractivity contribution >= 4 is 16.8 Å². The summed E-state index contributed by atoms with van der Waals surface area (Å²) >= 11 is 0. The van der Waals surface area contributed by atoms with Gasteiger partial charge in [-0.1, -0.05) is 0 Å². The van der Waals surface area contributed by atoms with Gasteiger partial charge in [0.2, 0.25) is 0 Å². The maximum Gasteiger partial charge on any atom is 0.188 e. The van der Waals surface area contributed by atoms with Crippen LogP contribution < -0.4 is 0 Å². The van der Waals surface area contributed by atoms with Gasteiger partial charge in [-0.2, -0.15) is 0 Å². The maximum absolute atomic E-state index is 11.6. The highest BCUT2D eigenvalue weighted by Crippen LogP contribution is 2.28. The van der Waals surface area contributed by atoms with Crippen molar-refractivity contribution in [3.8, 4) is 22.9 Å². The molecule has 4 rings (SSSR count). The van der Waals surface area contributed by atoms with E-state index < -0.39 is 6.61 Å². The number of aliphatic hydroxyl groups is 1. The lowest BCUT2D eigenvalue weighted by Gasteiger charge is -1.96. The van der Waals surface area contributed by atoms with Crippen LogP contribution in [0.25, 0.3) is 33.9 Å². The molecule has 0 aliphatic rings. The third kappa shape index (κ3) is 2.49. The molecule has 118 valence electrons. The minimum absolute atomic E-state index is 0.329. The summed E-state index contributed by atoms with van der Waals surface area (Å²) in [6.45, 7) is -0.515. The summed E-state index contributed by atoms with van der Waals surface area (Å²) in [6, 6.07) is 12.5. The van der Waals surface area contributed by atoms with Crippen molar-refractivity contribution in [2.45, 2.75) is 0 Å². The van der Waals surface area contributed by atoms with Gasteiger partial charge < -0.3 is 14.5 Å². The first kappa shape index (κ1) is 14.3. The van der Waals surface area contributed by atoms with Crippen molar-refractivity contribution in [2.24, 2.45) is 0 Å². The topological polar surface area (TPSA) is 92.0 Å². The number of furan rings is 1. The van der Waals surface area contributed by atoms with Gasteiger partial charge >= 0.3 is 0 Å². The van der Waals surface area contributed by atoms with Crippen LogP contribution in [0.3, 0.4) is 0 Å². The Morgan fingerprint density at radius 1 is 1.17 bits per heavy atom. The zero-order valence-corrected chi connectivity index (χ0v) is 12.6. The summed E-state index contributed by atoms with van der Waals surface area (Å²) in [6.07, 6.45) is 3.44. The first-order chi connectivity index (χ1) is 11.7. The Bertz CT molecular complexity index is 1020. The first-order valence-electron chi connectivity index (χ1n) is 7.39. The van der Waals surface area contributed by atoms with E-state index in [9.17, 15) is 4.79 Å². The summed E-state index contributed by atoms with van der Waals surface area (Å²) in [5.74, 6) is 1.55. The standard InChI is InChI=1S/C18H13N3O3/c22-10-15(23)11-3-4-13-14(8-11)21-18(20-13)17-6-5-16(24-17)12-2-1-7-19-9-12/h1-9,22H,10H2,(H,20,21). The third-order valence-corrected chi connectivity index (χ3v) is 3.73. The Hall–Kier alpha value is -3.25. The Morgan fingerprint density at radius 3 is 2.83 bits per heavy atom. The molecular weight excluding hydrogens is 306 g/mol. The second kappa shape index (κ2) is 5.75. The van der Waals surface area contributed by atoms with Crippen LogP contribution in [0.1, 0.15) is 10.4 Å². The fraction of sp³-hybridized carbons (Fsp3) is 0.0556. The lowest BCUT2D eigenvalue weighted by atomic mass is 10.1. The SMILES string of the molecule is O=C(CO)c1ccc2nc(-c3ccc(-c4cccnc4)o3)[nH]c2c1.